The predicted octanol–water partition coefficient (Wildman–Crippen LogP) is 5.69. The van der Waals surface area contributed by atoms with Gasteiger partial charge in [-0.25, -0.2) is 4.90 Å². The first-order valence-electron chi connectivity index (χ1n) is 10.8. The van der Waals surface area contributed by atoms with E-state index in [9.17, 15) is 9.59 Å². The van der Waals surface area contributed by atoms with Gasteiger partial charge in [0.25, 0.3) is 11.8 Å². The standard InChI is InChI=1S/C27H23ClN2O2/c1-17-9-11-20(12-10-17)24-25(29-15-5-7-19-6-3-4-8-23(19)29)27(32)30(26(24)31)22-14-13-21(28)16-18(22)2/h3-4,6,8-14,16H,5,7,15H2,1-2H3. The number of carbonyl (C=O) groups excluding carboxylic acids is 2. The summed E-state index contributed by atoms with van der Waals surface area (Å²) in [6, 6.07) is 21.1. The van der Waals surface area contributed by atoms with Crippen molar-refractivity contribution in [1.29, 1.82) is 0 Å². The van der Waals surface area contributed by atoms with Gasteiger partial charge in [0.05, 0.1) is 11.3 Å². The van der Waals surface area contributed by atoms with E-state index in [0.29, 0.717) is 28.5 Å². The Balaban J connectivity index is 1.71. The van der Waals surface area contributed by atoms with Crippen molar-refractivity contribution in [3.05, 3.63) is 99.7 Å². The van der Waals surface area contributed by atoms with E-state index < -0.39 is 0 Å². The topological polar surface area (TPSA) is 40.6 Å². The fourth-order valence-electron chi connectivity index (χ4n) is 4.60. The molecule has 0 radical (unpaired) electrons. The fourth-order valence-corrected chi connectivity index (χ4v) is 4.83. The number of hydrogen-bond donors (Lipinski definition) is 0. The number of benzene rings is 3. The van der Waals surface area contributed by atoms with Crippen molar-refractivity contribution in [2.75, 3.05) is 16.3 Å². The molecule has 0 atom stereocenters. The summed E-state index contributed by atoms with van der Waals surface area (Å²) in [5.74, 6) is -0.602. The van der Waals surface area contributed by atoms with Crippen LogP contribution in [0.5, 0.6) is 0 Å². The van der Waals surface area contributed by atoms with E-state index in [1.807, 2.05) is 61.2 Å². The summed E-state index contributed by atoms with van der Waals surface area (Å²) in [5, 5.41) is 0.572. The number of fused-ring (bicyclic) bond motifs is 1. The minimum absolute atomic E-state index is 0.298. The van der Waals surface area contributed by atoms with Gasteiger partial charge in [0.1, 0.15) is 5.70 Å². The van der Waals surface area contributed by atoms with Crippen LogP contribution >= 0.6 is 11.6 Å². The molecule has 0 unspecified atom stereocenters. The zero-order chi connectivity index (χ0) is 22.4. The molecule has 0 aromatic heterocycles. The Morgan fingerprint density at radius 1 is 0.844 bits per heavy atom. The first kappa shape index (κ1) is 20.5. The molecule has 0 bridgehead atoms. The largest absolute Gasteiger partial charge is 0.336 e. The van der Waals surface area contributed by atoms with Gasteiger partial charge in [-0.1, -0.05) is 59.6 Å². The predicted molar refractivity (Wildman–Crippen MR) is 129 cm³/mol. The summed E-state index contributed by atoms with van der Waals surface area (Å²) < 4.78 is 0. The third-order valence-electron chi connectivity index (χ3n) is 6.18. The SMILES string of the molecule is Cc1ccc(C2=C(N3CCCc4ccccc43)C(=O)N(c3ccc(Cl)cc3C)C2=O)cc1. The van der Waals surface area contributed by atoms with Crippen LogP contribution in [0.1, 0.15) is 28.7 Å². The molecule has 0 saturated carbocycles. The third kappa shape index (κ3) is 3.32. The maximum absolute atomic E-state index is 13.9. The molecule has 0 aliphatic carbocycles. The molecule has 2 aliphatic rings. The molecule has 5 rings (SSSR count). The molecule has 2 amide bonds. The van der Waals surface area contributed by atoms with Crippen LogP contribution in [0.2, 0.25) is 5.02 Å². The maximum atomic E-state index is 13.9. The Kier molecular flexibility index (Phi) is 5.10. The summed E-state index contributed by atoms with van der Waals surface area (Å²) in [6.07, 6.45) is 1.88. The highest BCUT2D eigenvalue weighted by Crippen LogP contribution is 2.40. The number of rotatable bonds is 3. The van der Waals surface area contributed by atoms with E-state index in [1.165, 1.54) is 10.5 Å². The van der Waals surface area contributed by atoms with Crippen LogP contribution in [0.3, 0.4) is 0 Å². The number of para-hydroxylation sites is 1. The van der Waals surface area contributed by atoms with Crippen LogP contribution < -0.4 is 9.80 Å². The molecule has 3 aromatic carbocycles. The van der Waals surface area contributed by atoms with Gasteiger partial charge >= 0.3 is 0 Å². The number of carbonyl (C=O) groups is 2. The number of imide groups is 1. The third-order valence-corrected chi connectivity index (χ3v) is 6.41. The number of amides is 2. The number of anilines is 2. The van der Waals surface area contributed by atoms with E-state index in [4.69, 9.17) is 11.6 Å². The van der Waals surface area contributed by atoms with E-state index in [-0.39, 0.29) is 11.8 Å². The van der Waals surface area contributed by atoms with Gasteiger partial charge in [0, 0.05) is 17.3 Å². The second kappa shape index (κ2) is 7.95. The molecule has 0 spiro atoms. The van der Waals surface area contributed by atoms with Crippen LogP contribution in [-0.2, 0) is 16.0 Å². The van der Waals surface area contributed by atoms with Crippen LogP contribution in [0, 0.1) is 13.8 Å². The lowest BCUT2D eigenvalue weighted by Gasteiger charge is -2.32. The van der Waals surface area contributed by atoms with Crippen LogP contribution in [0.4, 0.5) is 11.4 Å². The van der Waals surface area contributed by atoms with Gasteiger partial charge in [0.15, 0.2) is 0 Å². The van der Waals surface area contributed by atoms with Crippen molar-refractivity contribution in [2.24, 2.45) is 0 Å². The monoisotopic (exact) mass is 442 g/mol. The summed E-state index contributed by atoms with van der Waals surface area (Å²) in [4.78, 5) is 31.0. The van der Waals surface area contributed by atoms with E-state index in [1.54, 1.807) is 18.2 Å². The second-order valence-electron chi connectivity index (χ2n) is 8.35. The molecule has 2 aliphatic heterocycles. The minimum Gasteiger partial charge on any atom is -0.336 e. The van der Waals surface area contributed by atoms with Gasteiger partial charge < -0.3 is 4.90 Å². The Morgan fingerprint density at radius 2 is 1.59 bits per heavy atom. The van der Waals surface area contributed by atoms with E-state index in [0.717, 1.165) is 35.2 Å². The minimum atomic E-state index is -0.303. The van der Waals surface area contributed by atoms with Crippen molar-refractivity contribution in [3.63, 3.8) is 0 Å². The number of nitrogens with zero attached hydrogens (tertiary/aromatic N) is 2. The highest BCUT2D eigenvalue weighted by molar-refractivity contribution is 6.46. The van der Waals surface area contributed by atoms with Crippen molar-refractivity contribution in [3.8, 4) is 0 Å². The summed E-state index contributed by atoms with van der Waals surface area (Å²) in [7, 11) is 0. The molecular weight excluding hydrogens is 420 g/mol. The average Bonchev–Trinajstić information content (AvgIpc) is 3.04. The van der Waals surface area contributed by atoms with Crippen LogP contribution in [-0.4, -0.2) is 18.4 Å². The first-order valence-corrected chi connectivity index (χ1v) is 11.1. The Labute approximate surface area is 192 Å². The number of halogens is 1. The second-order valence-corrected chi connectivity index (χ2v) is 8.79. The zero-order valence-corrected chi connectivity index (χ0v) is 18.8. The average molecular weight is 443 g/mol. The lowest BCUT2D eigenvalue weighted by atomic mass is 9.98. The molecule has 32 heavy (non-hydrogen) atoms. The molecule has 160 valence electrons. The molecule has 3 aromatic rings. The zero-order valence-electron chi connectivity index (χ0n) is 18.1. The van der Waals surface area contributed by atoms with Gasteiger partial charge in [-0.3, -0.25) is 9.59 Å². The Bertz CT molecular complexity index is 1280. The van der Waals surface area contributed by atoms with Crippen molar-refractivity contribution in [1.82, 2.24) is 0 Å². The molecule has 0 saturated heterocycles. The fraction of sp³-hybridized carbons (Fsp3) is 0.185. The lowest BCUT2D eigenvalue weighted by molar-refractivity contribution is -0.120. The van der Waals surface area contributed by atoms with Gasteiger partial charge in [-0.05, 0) is 67.6 Å². The highest BCUT2D eigenvalue weighted by Gasteiger charge is 2.44. The summed E-state index contributed by atoms with van der Waals surface area (Å²) in [6.45, 7) is 4.56. The van der Waals surface area contributed by atoms with Gasteiger partial charge in [0.2, 0.25) is 0 Å². The van der Waals surface area contributed by atoms with Crippen LogP contribution in [0.15, 0.2) is 72.4 Å². The molecule has 0 N–H and O–H groups in total. The van der Waals surface area contributed by atoms with Gasteiger partial charge in [-0.2, -0.15) is 0 Å². The van der Waals surface area contributed by atoms with Crippen molar-refractivity contribution in [2.45, 2.75) is 26.7 Å². The lowest BCUT2D eigenvalue weighted by Crippen LogP contribution is -2.37. The smallest absolute Gasteiger partial charge is 0.282 e. The number of aryl methyl sites for hydroxylation is 3. The first-order chi connectivity index (χ1) is 15.5. The molecule has 5 heteroatoms. The van der Waals surface area contributed by atoms with E-state index in [2.05, 4.69) is 6.07 Å². The molecular formula is C27H23ClN2O2. The Morgan fingerprint density at radius 3 is 2.34 bits per heavy atom. The quantitative estimate of drug-likeness (QED) is 0.489. The molecule has 4 nitrogen and oxygen atoms in total. The summed E-state index contributed by atoms with van der Waals surface area (Å²) in [5.41, 5.74) is 6.27. The molecule has 2 heterocycles. The van der Waals surface area contributed by atoms with Gasteiger partial charge in [-0.15, -0.1) is 0 Å². The van der Waals surface area contributed by atoms with Crippen LogP contribution in [0.25, 0.3) is 5.57 Å². The molecule has 0 fully saturated rings. The maximum Gasteiger partial charge on any atom is 0.282 e. The number of hydrogen-bond acceptors (Lipinski definition) is 3. The normalized spacial score (nSPS) is 16.1. The summed E-state index contributed by atoms with van der Waals surface area (Å²) >= 11 is 6.14. The van der Waals surface area contributed by atoms with E-state index >= 15 is 0 Å². The Hall–Kier alpha value is -3.37. The van der Waals surface area contributed by atoms with Crippen molar-refractivity contribution >= 4 is 40.4 Å². The highest BCUT2D eigenvalue weighted by atomic mass is 35.5. The van der Waals surface area contributed by atoms with Crippen molar-refractivity contribution < 1.29 is 9.59 Å².